The fraction of sp³-hybridized carbons (Fsp3) is 0.346. The molecule has 0 bridgehead atoms. The summed E-state index contributed by atoms with van der Waals surface area (Å²) in [6.07, 6.45) is 1.29. The summed E-state index contributed by atoms with van der Waals surface area (Å²) in [6, 6.07) is 13.6. The highest BCUT2D eigenvalue weighted by atomic mass is 16.5. The maximum absolute atomic E-state index is 13.9. The number of nitrogens with zero attached hydrogens (tertiary/aromatic N) is 2. The maximum atomic E-state index is 13.9. The van der Waals surface area contributed by atoms with Crippen molar-refractivity contribution < 1.29 is 29.0 Å². The highest BCUT2D eigenvalue weighted by Crippen LogP contribution is 2.53. The number of hydrogen-bond donors (Lipinski definition) is 1. The molecular weight excluding hydrogens is 436 g/mol. The minimum absolute atomic E-state index is 0.0819. The molecular formula is C26H26N2O6. The molecule has 5 rings (SSSR count). The largest absolute Gasteiger partial charge is 0.507 e. The first kappa shape index (κ1) is 22.2. The number of fused-ring (bicyclic) bond motifs is 2. The number of anilines is 1. The van der Waals surface area contributed by atoms with Crippen molar-refractivity contribution in [1.29, 1.82) is 0 Å². The van der Waals surface area contributed by atoms with E-state index in [1.807, 2.05) is 6.92 Å². The van der Waals surface area contributed by atoms with Crippen molar-refractivity contribution in [2.24, 2.45) is 0 Å². The standard InChI is InChI=1S/C26H26N2O6/c1-3-33-17-12-10-16(11-13-17)22(29)21-23(30)24(31)28(15-18-7-6-14-34-18)26(21)19-8-4-5-9-20(19)27(2)25(26)32/h4-5,8-13,18,29H,3,6-7,14-15H2,1-2H3/t18-,26-/m0/s1. The van der Waals surface area contributed by atoms with Gasteiger partial charge in [0.1, 0.15) is 11.5 Å². The molecule has 0 aliphatic carbocycles. The molecule has 8 nitrogen and oxygen atoms in total. The Hall–Kier alpha value is -3.65. The Morgan fingerprint density at radius 3 is 2.56 bits per heavy atom. The van der Waals surface area contributed by atoms with Crippen LogP contribution in [0, 0.1) is 0 Å². The second-order valence-corrected chi connectivity index (χ2v) is 8.65. The number of carbonyl (C=O) groups excluding carboxylic acids is 3. The van der Waals surface area contributed by atoms with E-state index in [1.54, 1.807) is 55.6 Å². The molecule has 2 saturated heterocycles. The van der Waals surface area contributed by atoms with Crippen LogP contribution in [0.25, 0.3) is 5.76 Å². The Morgan fingerprint density at radius 2 is 1.88 bits per heavy atom. The first-order chi connectivity index (χ1) is 16.4. The number of Topliss-reactive ketones (excluding diaryl/α,β-unsaturated/α-hetero) is 1. The van der Waals surface area contributed by atoms with E-state index in [0.717, 1.165) is 12.8 Å². The summed E-state index contributed by atoms with van der Waals surface area (Å²) in [5, 5.41) is 11.4. The SMILES string of the molecule is CCOc1ccc(C(O)=C2C(=O)C(=O)N(C[C@@H]3CCCO3)[C@]23C(=O)N(C)c2ccccc23)cc1. The number of para-hydroxylation sites is 1. The average Bonchev–Trinajstić information content (AvgIpc) is 3.50. The summed E-state index contributed by atoms with van der Waals surface area (Å²) >= 11 is 0. The zero-order valence-electron chi connectivity index (χ0n) is 19.1. The third-order valence-corrected chi connectivity index (χ3v) is 6.79. The summed E-state index contributed by atoms with van der Waals surface area (Å²) in [4.78, 5) is 43.5. The Labute approximate surface area is 197 Å². The quantitative estimate of drug-likeness (QED) is 0.417. The van der Waals surface area contributed by atoms with Gasteiger partial charge in [0, 0.05) is 37.0 Å². The zero-order chi connectivity index (χ0) is 24.0. The molecule has 8 heteroatoms. The Kier molecular flexibility index (Phi) is 5.40. The van der Waals surface area contributed by atoms with Gasteiger partial charge in [-0.2, -0.15) is 0 Å². The van der Waals surface area contributed by atoms with Crippen molar-refractivity contribution in [1.82, 2.24) is 4.90 Å². The van der Waals surface area contributed by atoms with E-state index in [4.69, 9.17) is 9.47 Å². The number of amides is 2. The highest BCUT2D eigenvalue weighted by molar-refractivity contribution is 6.50. The van der Waals surface area contributed by atoms with Gasteiger partial charge in [-0.15, -0.1) is 0 Å². The van der Waals surface area contributed by atoms with Crippen LogP contribution in [0.3, 0.4) is 0 Å². The van der Waals surface area contributed by atoms with Gasteiger partial charge in [0.25, 0.3) is 17.6 Å². The fourth-order valence-electron chi connectivity index (χ4n) is 5.23. The normalized spacial score (nSPS) is 25.5. The van der Waals surface area contributed by atoms with E-state index in [9.17, 15) is 19.5 Å². The van der Waals surface area contributed by atoms with Crippen LogP contribution < -0.4 is 9.64 Å². The van der Waals surface area contributed by atoms with Crippen LogP contribution >= 0.6 is 0 Å². The van der Waals surface area contributed by atoms with Gasteiger partial charge in [0.05, 0.1) is 18.3 Å². The molecule has 3 aliphatic rings. The van der Waals surface area contributed by atoms with Gasteiger partial charge in [-0.25, -0.2) is 0 Å². The summed E-state index contributed by atoms with van der Waals surface area (Å²) in [5.41, 5.74) is -0.579. The van der Waals surface area contributed by atoms with E-state index in [2.05, 4.69) is 0 Å². The van der Waals surface area contributed by atoms with Gasteiger partial charge in [-0.1, -0.05) is 18.2 Å². The molecule has 2 aromatic rings. The molecule has 3 heterocycles. The number of hydrogen-bond acceptors (Lipinski definition) is 6. The predicted molar refractivity (Wildman–Crippen MR) is 124 cm³/mol. The number of carbonyl (C=O) groups is 3. The van der Waals surface area contributed by atoms with E-state index in [-0.39, 0.29) is 18.2 Å². The minimum Gasteiger partial charge on any atom is -0.507 e. The Balaban J connectivity index is 1.73. The van der Waals surface area contributed by atoms with Crippen LogP contribution in [-0.2, 0) is 24.7 Å². The molecule has 0 saturated carbocycles. The third kappa shape index (κ3) is 3.05. The van der Waals surface area contributed by atoms with Gasteiger partial charge in [0.15, 0.2) is 5.54 Å². The molecule has 0 unspecified atom stereocenters. The summed E-state index contributed by atoms with van der Waals surface area (Å²) < 4.78 is 11.2. The van der Waals surface area contributed by atoms with E-state index in [0.29, 0.717) is 35.8 Å². The van der Waals surface area contributed by atoms with Crippen LogP contribution in [0.15, 0.2) is 54.1 Å². The second kappa shape index (κ2) is 8.29. The Morgan fingerprint density at radius 1 is 1.15 bits per heavy atom. The van der Waals surface area contributed by atoms with Crippen LogP contribution in [0.2, 0.25) is 0 Å². The monoisotopic (exact) mass is 462 g/mol. The molecule has 3 aliphatic heterocycles. The van der Waals surface area contributed by atoms with Crippen molar-refractivity contribution >= 4 is 29.0 Å². The van der Waals surface area contributed by atoms with E-state index in [1.165, 1.54) is 9.80 Å². The van der Waals surface area contributed by atoms with Crippen molar-refractivity contribution in [2.45, 2.75) is 31.4 Å². The summed E-state index contributed by atoms with van der Waals surface area (Å²) in [5.74, 6) is -1.95. The number of aliphatic hydroxyl groups excluding tert-OH is 1. The molecule has 2 aromatic carbocycles. The third-order valence-electron chi connectivity index (χ3n) is 6.79. The van der Waals surface area contributed by atoms with E-state index >= 15 is 0 Å². The van der Waals surface area contributed by atoms with E-state index < -0.39 is 28.9 Å². The first-order valence-corrected chi connectivity index (χ1v) is 11.4. The molecule has 176 valence electrons. The van der Waals surface area contributed by atoms with Gasteiger partial charge in [0.2, 0.25) is 0 Å². The fourth-order valence-corrected chi connectivity index (χ4v) is 5.23. The lowest BCUT2D eigenvalue weighted by Crippen LogP contribution is -2.53. The van der Waals surface area contributed by atoms with Gasteiger partial charge in [-0.05, 0) is 50.1 Å². The Bertz CT molecular complexity index is 1200. The number of aliphatic hydroxyl groups is 1. The summed E-state index contributed by atoms with van der Waals surface area (Å²) in [7, 11) is 1.61. The topological polar surface area (TPSA) is 96.4 Å². The molecule has 0 aromatic heterocycles. The molecule has 34 heavy (non-hydrogen) atoms. The lowest BCUT2D eigenvalue weighted by atomic mass is 9.81. The lowest BCUT2D eigenvalue weighted by molar-refractivity contribution is -0.145. The highest BCUT2D eigenvalue weighted by Gasteiger charge is 2.66. The van der Waals surface area contributed by atoms with Gasteiger partial charge < -0.3 is 24.4 Å². The van der Waals surface area contributed by atoms with Crippen LogP contribution in [0.5, 0.6) is 5.75 Å². The smallest absolute Gasteiger partial charge is 0.296 e. The molecule has 1 spiro atoms. The van der Waals surface area contributed by atoms with Gasteiger partial charge >= 0.3 is 0 Å². The van der Waals surface area contributed by atoms with Crippen molar-refractivity contribution in [3.63, 3.8) is 0 Å². The van der Waals surface area contributed by atoms with Crippen LogP contribution in [-0.4, -0.2) is 60.5 Å². The molecule has 2 fully saturated rings. The maximum Gasteiger partial charge on any atom is 0.296 e. The summed E-state index contributed by atoms with van der Waals surface area (Å²) in [6.45, 7) is 3.00. The lowest BCUT2D eigenvalue weighted by Gasteiger charge is -2.35. The number of benzene rings is 2. The predicted octanol–water partition coefficient (Wildman–Crippen LogP) is 2.82. The molecule has 2 amide bonds. The minimum atomic E-state index is -1.76. The van der Waals surface area contributed by atoms with Crippen molar-refractivity contribution in [3.05, 3.63) is 65.2 Å². The number of ether oxygens (including phenoxy) is 2. The van der Waals surface area contributed by atoms with Crippen molar-refractivity contribution in [3.8, 4) is 5.75 Å². The second-order valence-electron chi connectivity index (χ2n) is 8.65. The van der Waals surface area contributed by atoms with Crippen LogP contribution in [0.4, 0.5) is 5.69 Å². The molecule has 1 N–H and O–H groups in total. The van der Waals surface area contributed by atoms with Crippen molar-refractivity contribution in [2.75, 3.05) is 31.7 Å². The molecule has 0 radical (unpaired) electrons. The number of rotatable bonds is 5. The number of likely N-dealkylation sites (tertiary alicyclic amines) is 1. The van der Waals surface area contributed by atoms with Gasteiger partial charge in [-0.3, -0.25) is 14.4 Å². The zero-order valence-corrected chi connectivity index (χ0v) is 19.1. The van der Waals surface area contributed by atoms with Crippen LogP contribution in [0.1, 0.15) is 30.9 Å². The number of likely N-dealkylation sites (N-methyl/N-ethyl adjacent to an activating group) is 1. The number of ketones is 1. The first-order valence-electron chi connectivity index (χ1n) is 11.4. The molecule has 2 atom stereocenters. The average molecular weight is 463 g/mol.